The number of nitrogens with zero attached hydrogens (tertiary/aromatic N) is 3. The summed E-state index contributed by atoms with van der Waals surface area (Å²) < 4.78 is 39.9. The van der Waals surface area contributed by atoms with Crippen molar-refractivity contribution < 1.29 is 73.9 Å². The molecule has 1 aromatic rings. The number of ether oxygens (including phenoxy) is 1. The standard InChI is InChI=1S/C22H29N3O5S2.K/c1-4-6-14-25-21(26)18(23(5-2)22(25)31)11-12-20-24(15-13-16(3)32(27,28)29)17-9-7-8-10-19(17)30-20;/h7-12,16H,4-6,13-15H2,1-3H3,(H,27,28,29);/q;+1/p-1/b18-11+,20-12+;. The maximum Gasteiger partial charge on any atom is 1.00 e. The summed E-state index contributed by atoms with van der Waals surface area (Å²) in [4.78, 5) is 18.2. The molecule has 0 spiro atoms. The summed E-state index contributed by atoms with van der Waals surface area (Å²) in [6.45, 7) is 6.81. The second kappa shape index (κ2) is 12.3. The van der Waals surface area contributed by atoms with E-state index < -0.39 is 15.4 Å². The summed E-state index contributed by atoms with van der Waals surface area (Å²) in [5.41, 5.74) is 1.24. The van der Waals surface area contributed by atoms with Crippen LogP contribution < -0.4 is 61.0 Å². The van der Waals surface area contributed by atoms with Crippen molar-refractivity contribution in [2.75, 3.05) is 24.5 Å². The van der Waals surface area contributed by atoms with Crippen LogP contribution in [0.3, 0.4) is 0 Å². The van der Waals surface area contributed by atoms with E-state index in [1.54, 1.807) is 22.0 Å². The molecular formula is C22H28KN3O5S2. The molecule has 0 aromatic heterocycles. The summed E-state index contributed by atoms with van der Waals surface area (Å²) in [5, 5.41) is -0.524. The number of para-hydroxylation sites is 2. The van der Waals surface area contributed by atoms with Crippen molar-refractivity contribution in [3.63, 3.8) is 0 Å². The summed E-state index contributed by atoms with van der Waals surface area (Å²) >= 11 is 5.50. The number of thiocarbonyl (C=S) groups is 1. The quantitative estimate of drug-likeness (QED) is 0.198. The van der Waals surface area contributed by atoms with Crippen molar-refractivity contribution in [1.82, 2.24) is 9.80 Å². The van der Waals surface area contributed by atoms with Crippen LogP contribution in [0, 0.1) is 0 Å². The third-order valence-electron chi connectivity index (χ3n) is 5.54. The number of allylic oxidation sites excluding steroid dienone is 2. The van der Waals surface area contributed by atoms with Crippen molar-refractivity contribution in [1.29, 1.82) is 0 Å². The zero-order valence-electron chi connectivity index (χ0n) is 19.5. The molecule has 3 rings (SSSR count). The Kier molecular flexibility index (Phi) is 10.6. The first kappa shape index (κ1) is 28.4. The molecule has 0 saturated carbocycles. The summed E-state index contributed by atoms with van der Waals surface area (Å²) in [6, 6.07) is 7.37. The number of carbonyl (C=O) groups is 1. The van der Waals surface area contributed by atoms with Crippen LogP contribution in [0.1, 0.15) is 40.0 Å². The van der Waals surface area contributed by atoms with Crippen LogP contribution in [0.15, 0.2) is 48.0 Å². The molecule has 1 fully saturated rings. The molecular weight excluding hydrogens is 489 g/mol. The topological polar surface area (TPSA) is 93.2 Å². The Labute approximate surface area is 243 Å². The molecule has 174 valence electrons. The molecule has 0 aliphatic carbocycles. The van der Waals surface area contributed by atoms with Gasteiger partial charge < -0.3 is 19.1 Å². The minimum Gasteiger partial charge on any atom is -0.748 e. The molecule has 11 heteroatoms. The third-order valence-corrected chi connectivity index (χ3v) is 7.20. The molecule has 0 radical (unpaired) electrons. The Balaban J connectivity index is 0.00000385. The Morgan fingerprint density at radius 3 is 2.45 bits per heavy atom. The number of fused-ring (bicyclic) bond motifs is 1. The van der Waals surface area contributed by atoms with Gasteiger partial charge in [0, 0.05) is 31.0 Å². The SMILES string of the molecule is CCCCN1C(=O)/C(=C\C=C2\Oc3ccccc3N2CCC(C)S(=O)(=O)[O-])N(CC)C1=S.[K+]. The van der Waals surface area contributed by atoms with E-state index in [2.05, 4.69) is 6.92 Å². The van der Waals surface area contributed by atoms with Gasteiger partial charge in [0.15, 0.2) is 10.9 Å². The number of unbranched alkanes of at least 4 members (excludes halogenated alkanes) is 1. The molecule has 1 amide bonds. The Bertz CT molecular complexity index is 1060. The second-order valence-corrected chi connectivity index (χ2v) is 9.86. The molecule has 0 bridgehead atoms. The smallest absolute Gasteiger partial charge is 0.748 e. The fraction of sp³-hybridized carbons (Fsp3) is 0.455. The van der Waals surface area contributed by atoms with Gasteiger partial charge in [-0.3, -0.25) is 9.69 Å². The van der Waals surface area contributed by atoms with E-state index in [0.29, 0.717) is 35.5 Å². The summed E-state index contributed by atoms with van der Waals surface area (Å²) in [7, 11) is -4.37. The van der Waals surface area contributed by atoms with Gasteiger partial charge in [-0.2, -0.15) is 0 Å². The van der Waals surface area contributed by atoms with Gasteiger partial charge in [0.2, 0.25) is 5.88 Å². The third kappa shape index (κ3) is 6.46. The zero-order chi connectivity index (χ0) is 23.5. The van der Waals surface area contributed by atoms with E-state index in [1.165, 1.54) is 6.92 Å². The fourth-order valence-electron chi connectivity index (χ4n) is 3.58. The maximum absolute atomic E-state index is 13.0. The van der Waals surface area contributed by atoms with Gasteiger partial charge in [-0.25, -0.2) is 8.42 Å². The number of hydrogen-bond acceptors (Lipinski definition) is 7. The van der Waals surface area contributed by atoms with Crippen LogP contribution in [0.5, 0.6) is 5.75 Å². The number of anilines is 1. The Morgan fingerprint density at radius 1 is 1.12 bits per heavy atom. The molecule has 1 unspecified atom stereocenters. The molecule has 1 atom stereocenters. The van der Waals surface area contributed by atoms with E-state index in [4.69, 9.17) is 17.0 Å². The van der Waals surface area contributed by atoms with Crippen molar-refractivity contribution in [2.24, 2.45) is 0 Å². The molecule has 2 aliphatic rings. The molecule has 2 heterocycles. The van der Waals surface area contributed by atoms with Gasteiger partial charge in [-0.15, -0.1) is 0 Å². The summed E-state index contributed by atoms with van der Waals surface area (Å²) in [6.07, 6.45) is 5.35. The number of amides is 1. The van der Waals surface area contributed by atoms with Gasteiger partial charge in [0.05, 0.1) is 15.8 Å². The molecule has 0 N–H and O–H groups in total. The van der Waals surface area contributed by atoms with Crippen molar-refractivity contribution in [3.05, 3.63) is 48.0 Å². The van der Waals surface area contributed by atoms with Crippen molar-refractivity contribution in [3.8, 4) is 5.75 Å². The number of likely N-dealkylation sites (N-methyl/N-ethyl adjacent to an activating group) is 1. The fourth-order valence-corrected chi connectivity index (χ4v) is 4.38. The number of hydrogen-bond donors (Lipinski definition) is 0. The van der Waals surface area contributed by atoms with Crippen LogP contribution >= 0.6 is 12.2 Å². The maximum atomic E-state index is 13.0. The first-order chi connectivity index (χ1) is 15.2. The minimum atomic E-state index is -4.37. The predicted molar refractivity (Wildman–Crippen MR) is 126 cm³/mol. The van der Waals surface area contributed by atoms with Crippen LogP contribution in [0.2, 0.25) is 0 Å². The monoisotopic (exact) mass is 517 g/mol. The Hall–Kier alpha value is -0.794. The van der Waals surface area contributed by atoms with Crippen LogP contribution in [0.4, 0.5) is 5.69 Å². The first-order valence-electron chi connectivity index (χ1n) is 10.7. The molecule has 33 heavy (non-hydrogen) atoms. The predicted octanol–water partition coefficient (Wildman–Crippen LogP) is 0.188. The Morgan fingerprint density at radius 2 is 1.82 bits per heavy atom. The van der Waals surface area contributed by atoms with E-state index in [-0.39, 0.29) is 70.3 Å². The van der Waals surface area contributed by atoms with Gasteiger partial charge in [-0.05, 0) is 57.1 Å². The van der Waals surface area contributed by atoms with E-state index in [1.807, 2.05) is 36.1 Å². The number of benzene rings is 1. The average molecular weight is 518 g/mol. The van der Waals surface area contributed by atoms with Gasteiger partial charge in [0.25, 0.3) is 5.91 Å². The van der Waals surface area contributed by atoms with Gasteiger partial charge >= 0.3 is 51.4 Å². The number of carbonyl (C=O) groups excluding carboxylic acids is 1. The summed E-state index contributed by atoms with van der Waals surface area (Å²) in [5.74, 6) is 0.936. The second-order valence-electron chi connectivity index (χ2n) is 7.71. The van der Waals surface area contributed by atoms with Crippen molar-refractivity contribution in [2.45, 2.75) is 45.3 Å². The van der Waals surface area contributed by atoms with Crippen LogP contribution in [-0.2, 0) is 14.9 Å². The molecule has 1 aromatic carbocycles. The first-order valence-corrected chi connectivity index (χ1v) is 12.6. The normalized spacial score (nSPS) is 19.2. The van der Waals surface area contributed by atoms with Crippen LogP contribution in [0.25, 0.3) is 0 Å². The average Bonchev–Trinajstić information content (AvgIpc) is 3.21. The van der Waals surface area contributed by atoms with E-state index in [9.17, 15) is 17.8 Å². The minimum absolute atomic E-state index is 0. The van der Waals surface area contributed by atoms with Crippen molar-refractivity contribution >= 4 is 39.0 Å². The van der Waals surface area contributed by atoms with Crippen LogP contribution in [-0.4, -0.2) is 58.7 Å². The molecule has 2 aliphatic heterocycles. The molecule has 1 saturated heterocycles. The largest absolute Gasteiger partial charge is 1.00 e. The number of rotatable bonds is 9. The van der Waals surface area contributed by atoms with E-state index >= 15 is 0 Å². The van der Waals surface area contributed by atoms with Gasteiger partial charge in [-0.1, -0.05) is 25.5 Å². The zero-order valence-corrected chi connectivity index (χ0v) is 24.2. The van der Waals surface area contributed by atoms with E-state index in [0.717, 1.165) is 18.5 Å². The van der Waals surface area contributed by atoms with Gasteiger partial charge in [0.1, 0.15) is 5.70 Å². The molecule has 8 nitrogen and oxygen atoms in total.